The minimum Gasteiger partial charge on any atom is -0.422 e. The Hall–Kier alpha value is -1.24. The molecule has 0 aliphatic carbocycles. The lowest BCUT2D eigenvalue weighted by molar-refractivity contribution is -0.137. The van der Waals surface area contributed by atoms with E-state index in [0.29, 0.717) is 0 Å². The van der Waals surface area contributed by atoms with Crippen molar-refractivity contribution in [3.8, 4) is 0 Å². The van der Waals surface area contributed by atoms with Crippen molar-refractivity contribution in [1.82, 2.24) is 4.98 Å². The topological polar surface area (TPSA) is 38.1 Å². The molecule has 1 heterocycles. The largest absolute Gasteiger partial charge is 0.422 e. The molecule has 16 heavy (non-hydrogen) atoms. The molecule has 3 nitrogen and oxygen atoms in total. The SMILES string of the molecule is CNc1nc2cc(C(F)(F)F)cc(Br)c2o1. The zero-order chi connectivity index (χ0) is 11.9. The summed E-state index contributed by atoms with van der Waals surface area (Å²) in [5.74, 6) is 0. The summed E-state index contributed by atoms with van der Waals surface area (Å²) in [6.07, 6.45) is -4.39. The molecule has 0 aliphatic rings. The first-order chi connectivity index (χ1) is 7.41. The van der Waals surface area contributed by atoms with Crippen molar-refractivity contribution in [3.05, 3.63) is 22.2 Å². The van der Waals surface area contributed by atoms with Crippen LogP contribution in [0.5, 0.6) is 0 Å². The van der Waals surface area contributed by atoms with Crippen LogP contribution in [0.4, 0.5) is 19.2 Å². The lowest BCUT2D eigenvalue weighted by Gasteiger charge is -2.06. The molecule has 0 bridgehead atoms. The lowest BCUT2D eigenvalue weighted by Crippen LogP contribution is -2.04. The molecule has 1 aromatic heterocycles. The molecule has 0 spiro atoms. The zero-order valence-corrected chi connectivity index (χ0v) is 9.61. The van der Waals surface area contributed by atoms with Crippen molar-refractivity contribution in [1.29, 1.82) is 0 Å². The van der Waals surface area contributed by atoms with E-state index < -0.39 is 11.7 Å². The Morgan fingerprint density at radius 1 is 1.38 bits per heavy atom. The summed E-state index contributed by atoms with van der Waals surface area (Å²) in [5, 5.41) is 2.62. The van der Waals surface area contributed by atoms with Gasteiger partial charge >= 0.3 is 6.18 Å². The number of rotatable bonds is 1. The molecule has 2 rings (SSSR count). The molecule has 0 atom stereocenters. The first-order valence-corrected chi connectivity index (χ1v) is 5.06. The Labute approximate surface area is 96.8 Å². The van der Waals surface area contributed by atoms with Gasteiger partial charge in [0.25, 0.3) is 6.01 Å². The summed E-state index contributed by atoms with van der Waals surface area (Å²) < 4.78 is 42.9. The minimum absolute atomic E-state index is 0.158. The summed E-state index contributed by atoms with van der Waals surface area (Å²) in [4.78, 5) is 3.86. The Morgan fingerprint density at radius 3 is 2.62 bits per heavy atom. The molecule has 1 N–H and O–H groups in total. The monoisotopic (exact) mass is 294 g/mol. The molecule has 0 aliphatic heterocycles. The highest BCUT2D eigenvalue weighted by molar-refractivity contribution is 9.10. The molecule has 7 heteroatoms. The maximum absolute atomic E-state index is 12.5. The number of alkyl halides is 3. The lowest BCUT2D eigenvalue weighted by atomic mass is 10.2. The van der Waals surface area contributed by atoms with Gasteiger partial charge in [-0.05, 0) is 28.1 Å². The van der Waals surface area contributed by atoms with Crippen molar-refractivity contribution in [3.63, 3.8) is 0 Å². The smallest absolute Gasteiger partial charge is 0.416 e. The first kappa shape index (κ1) is 11.3. The van der Waals surface area contributed by atoms with Crippen molar-refractivity contribution < 1.29 is 17.6 Å². The van der Waals surface area contributed by atoms with Gasteiger partial charge in [-0.15, -0.1) is 0 Å². The van der Waals surface area contributed by atoms with Crippen molar-refractivity contribution in [2.24, 2.45) is 0 Å². The van der Waals surface area contributed by atoms with Crippen molar-refractivity contribution >= 4 is 33.0 Å². The standard InChI is InChI=1S/C9H6BrF3N2O/c1-14-8-15-6-3-4(9(11,12)13)2-5(10)7(6)16-8/h2-3H,1H3,(H,14,15). The first-order valence-electron chi connectivity index (χ1n) is 4.27. The quantitative estimate of drug-likeness (QED) is 0.872. The number of halogens is 4. The van der Waals surface area contributed by atoms with Crippen LogP contribution in [0.2, 0.25) is 0 Å². The van der Waals surface area contributed by atoms with Gasteiger partial charge in [0.15, 0.2) is 5.58 Å². The molecule has 0 radical (unpaired) electrons. The molecule has 0 fully saturated rings. The number of benzene rings is 1. The Balaban J connectivity index is 2.67. The fraction of sp³-hybridized carbons (Fsp3) is 0.222. The molecular formula is C9H6BrF3N2O. The van der Waals surface area contributed by atoms with Crippen LogP contribution in [0.25, 0.3) is 11.1 Å². The third-order valence-corrected chi connectivity index (χ3v) is 2.57. The molecule has 86 valence electrons. The number of hydrogen-bond donors (Lipinski definition) is 1. The number of aromatic nitrogens is 1. The van der Waals surface area contributed by atoms with E-state index in [0.717, 1.165) is 12.1 Å². The fourth-order valence-corrected chi connectivity index (χ4v) is 1.79. The molecule has 0 unspecified atom stereocenters. The molecule has 0 saturated carbocycles. The second kappa shape index (κ2) is 3.65. The normalized spacial score (nSPS) is 12.1. The maximum atomic E-state index is 12.5. The van der Waals surface area contributed by atoms with Crippen molar-refractivity contribution in [2.75, 3.05) is 12.4 Å². The Kier molecular flexibility index (Phi) is 2.57. The van der Waals surface area contributed by atoms with Crippen LogP contribution < -0.4 is 5.32 Å². The van der Waals surface area contributed by atoms with Gasteiger partial charge in [-0.25, -0.2) is 0 Å². The fourth-order valence-electron chi connectivity index (χ4n) is 1.26. The van der Waals surface area contributed by atoms with Crippen molar-refractivity contribution in [2.45, 2.75) is 6.18 Å². The number of nitrogens with zero attached hydrogens (tertiary/aromatic N) is 1. The van der Waals surface area contributed by atoms with Gasteiger partial charge < -0.3 is 9.73 Å². The molecule has 1 aromatic carbocycles. The van der Waals surface area contributed by atoms with Crippen LogP contribution in [-0.2, 0) is 6.18 Å². The van der Waals surface area contributed by atoms with Crippen LogP contribution in [-0.4, -0.2) is 12.0 Å². The average Bonchev–Trinajstić information content (AvgIpc) is 2.59. The molecule has 0 amide bonds. The van der Waals surface area contributed by atoms with Gasteiger partial charge in [0.05, 0.1) is 10.0 Å². The van der Waals surface area contributed by atoms with E-state index in [1.807, 2.05) is 0 Å². The van der Waals surface area contributed by atoms with Gasteiger partial charge in [-0.2, -0.15) is 18.2 Å². The second-order valence-corrected chi connectivity index (χ2v) is 3.93. The maximum Gasteiger partial charge on any atom is 0.416 e. The Bertz CT molecular complexity index is 535. The number of hydrogen-bond acceptors (Lipinski definition) is 3. The van der Waals surface area contributed by atoms with Gasteiger partial charge in [-0.1, -0.05) is 0 Å². The molecule has 2 aromatic rings. The molecule has 0 saturated heterocycles. The van der Waals surface area contributed by atoms with Gasteiger partial charge in [0.2, 0.25) is 0 Å². The zero-order valence-electron chi connectivity index (χ0n) is 8.02. The minimum atomic E-state index is -4.39. The Morgan fingerprint density at radius 2 is 2.06 bits per heavy atom. The van der Waals surface area contributed by atoms with Crippen LogP contribution in [0.3, 0.4) is 0 Å². The highest BCUT2D eigenvalue weighted by Crippen LogP contribution is 2.35. The second-order valence-electron chi connectivity index (χ2n) is 3.07. The van der Waals surface area contributed by atoms with E-state index in [-0.39, 0.29) is 21.6 Å². The number of anilines is 1. The predicted octanol–water partition coefficient (Wildman–Crippen LogP) is 3.65. The average molecular weight is 295 g/mol. The van der Waals surface area contributed by atoms with Crippen LogP contribution >= 0.6 is 15.9 Å². The predicted molar refractivity (Wildman–Crippen MR) is 56.3 cm³/mol. The third kappa shape index (κ3) is 1.87. The van der Waals surface area contributed by atoms with E-state index in [1.165, 1.54) is 0 Å². The van der Waals surface area contributed by atoms with Crippen LogP contribution in [0.15, 0.2) is 21.0 Å². The summed E-state index contributed by atoms with van der Waals surface area (Å²) in [7, 11) is 1.57. The van der Waals surface area contributed by atoms with Gasteiger partial charge in [-0.3, -0.25) is 0 Å². The number of fused-ring (bicyclic) bond motifs is 1. The summed E-state index contributed by atoms with van der Waals surface area (Å²) >= 11 is 3.02. The van der Waals surface area contributed by atoms with E-state index >= 15 is 0 Å². The highest BCUT2D eigenvalue weighted by Gasteiger charge is 2.32. The van der Waals surface area contributed by atoms with Gasteiger partial charge in [0.1, 0.15) is 5.52 Å². The van der Waals surface area contributed by atoms with E-state index in [1.54, 1.807) is 7.05 Å². The number of oxazole rings is 1. The summed E-state index contributed by atoms with van der Waals surface area (Å²) in [6, 6.07) is 2.09. The van der Waals surface area contributed by atoms with E-state index in [9.17, 15) is 13.2 Å². The van der Waals surface area contributed by atoms with Crippen LogP contribution in [0, 0.1) is 0 Å². The van der Waals surface area contributed by atoms with Gasteiger partial charge in [0, 0.05) is 7.05 Å². The summed E-state index contributed by atoms with van der Waals surface area (Å²) in [6.45, 7) is 0. The number of nitrogens with one attached hydrogen (secondary N) is 1. The summed E-state index contributed by atoms with van der Waals surface area (Å²) in [5.41, 5.74) is -0.314. The highest BCUT2D eigenvalue weighted by atomic mass is 79.9. The van der Waals surface area contributed by atoms with Crippen LogP contribution in [0.1, 0.15) is 5.56 Å². The van der Waals surface area contributed by atoms with E-state index in [4.69, 9.17) is 4.42 Å². The molecular weight excluding hydrogens is 289 g/mol. The van der Waals surface area contributed by atoms with E-state index in [2.05, 4.69) is 26.2 Å². The third-order valence-electron chi connectivity index (χ3n) is 1.99.